The lowest BCUT2D eigenvalue weighted by Crippen LogP contribution is -2.12. The fourth-order valence-electron chi connectivity index (χ4n) is 1.45. The first-order valence-electron chi connectivity index (χ1n) is 6.35. The van der Waals surface area contributed by atoms with Crippen molar-refractivity contribution in [2.45, 2.75) is 19.8 Å². The SMILES string of the molecule is COC(=O)C[C@H](C)CO.COC(=O)C[C@H]1COS(=O)(=O)C1. The quantitative estimate of drug-likeness (QED) is 0.541. The Labute approximate surface area is 124 Å². The van der Waals surface area contributed by atoms with E-state index in [2.05, 4.69) is 13.7 Å². The van der Waals surface area contributed by atoms with Crippen molar-refractivity contribution in [1.29, 1.82) is 0 Å². The average Bonchev–Trinajstić information content (AvgIpc) is 2.78. The van der Waals surface area contributed by atoms with E-state index < -0.39 is 16.1 Å². The molecular formula is C12H22O8S. The number of rotatable bonds is 5. The maximum absolute atomic E-state index is 10.7. The number of aliphatic hydroxyl groups excluding tert-OH is 1. The Hall–Kier alpha value is -1.19. The zero-order valence-electron chi connectivity index (χ0n) is 12.4. The minimum atomic E-state index is -3.36. The third-order valence-electron chi connectivity index (χ3n) is 2.66. The summed E-state index contributed by atoms with van der Waals surface area (Å²) in [5, 5.41) is 8.47. The highest BCUT2D eigenvalue weighted by atomic mass is 32.2. The number of hydrogen-bond donors (Lipinski definition) is 1. The van der Waals surface area contributed by atoms with Crippen molar-refractivity contribution >= 4 is 22.1 Å². The predicted molar refractivity (Wildman–Crippen MR) is 72.7 cm³/mol. The van der Waals surface area contributed by atoms with E-state index in [0.29, 0.717) is 6.42 Å². The van der Waals surface area contributed by atoms with Gasteiger partial charge in [0.15, 0.2) is 0 Å². The number of methoxy groups -OCH3 is 2. The number of ether oxygens (including phenoxy) is 2. The Kier molecular flexibility index (Phi) is 9.14. The summed E-state index contributed by atoms with van der Waals surface area (Å²) in [6.45, 7) is 1.92. The van der Waals surface area contributed by atoms with E-state index in [0.717, 1.165) is 0 Å². The molecule has 1 saturated heterocycles. The first kappa shape index (κ1) is 19.8. The molecule has 1 N–H and O–H groups in total. The highest BCUT2D eigenvalue weighted by molar-refractivity contribution is 7.86. The molecule has 0 aromatic rings. The van der Waals surface area contributed by atoms with E-state index in [1.165, 1.54) is 14.2 Å². The molecule has 0 amide bonds. The maximum atomic E-state index is 10.7. The lowest BCUT2D eigenvalue weighted by Gasteiger charge is -2.03. The number of carbonyl (C=O) groups excluding carboxylic acids is 2. The highest BCUT2D eigenvalue weighted by Crippen LogP contribution is 2.18. The molecule has 0 bridgehead atoms. The molecule has 0 radical (unpaired) electrons. The summed E-state index contributed by atoms with van der Waals surface area (Å²) in [6.07, 6.45) is 0.405. The molecule has 124 valence electrons. The van der Waals surface area contributed by atoms with E-state index in [1.54, 1.807) is 6.92 Å². The van der Waals surface area contributed by atoms with Gasteiger partial charge in [0.05, 0.1) is 39.4 Å². The van der Waals surface area contributed by atoms with Gasteiger partial charge in [0.1, 0.15) is 0 Å². The van der Waals surface area contributed by atoms with Gasteiger partial charge in [-0.3, -0.25) is 13.8 Å². The van der Waals surface area contributed by atoms with Crippen molar-refractivity contribution in [1.82, 2.24) is 0 Å². The first-order chi connectivity index (χ1) is 9.73. The Morgan fingerprint density at radius 1 is 1.29 bits per heavy atom. The van der Waals surface area contributed by atoms with Crippen LogP contribution in [0.25, 0.3) is 0 Å². The van der Waals surface area contributed by atoms with Gasteiger partial charge in [0, 0.05) is 12.5 Å². The standard InChI is InChI=1S/C6H10O5S.C6H12O3/c1-10-6(7)2-5-3-11-12(8,9)4-5;1-5(4-7)3-6(8)9-2/h5H,2-4H2,1H3;5,7H,3-4H2,1-2H3/t2*5-/m00/s1. The zero-order valence-corrected chi connectivity index (χ0v) is 13.2. The number of esters is 2. The summed E-state index contributed by atoms with van der Waals surface area (Å²) in [5.74, 6) is -0.987. The monoisotopic (exact) mass is 326 g/mol. The lowest BCUT2D eigenvalue weighted by atomic mass is 10.1. The molecule has 9 heteroatoms. The van der Waals surface area contributed by atoms with Gasteiger partial charge < -0.3 is 14.6 Å². The molecule has 0 aliphatic carbocycles. The molecule has 0 spiro atoms. The van der Waals surface area contributed by atoms with Crippen LogP contribution in [0.1, 0.15) is 19.8 Å². The summed E-state index contributed by atoms with van der Waals surface area (Å²) in [6, 6.07) is 0. The summed E-state index contributed by atoms with van der Waals surface area (Å²) < 4.78 is 34.7. The number of hydrogen-bond acceptors (Lipinski definition) is 8. The van der Waals surface area contributed by atoms with E-state index in [1.807, 2.05) is 0 Å². The van der Waals surface area contributed by atoms with Gasteiger partial charge in [-0.15, -0.1) is 0 Å². The second kappa shape index (κ2) is 9.69. The summed E-state index contributed by atoms with van der Waals surface area (Å²) in [4.78, 5) is 21.2. The number of aliphatic hydroxyl groups is 1. The Morgan fingerprint density at radius 3 is 2.24 bits per heavy atom. The van der Waals surface area contributed by atoms with E-state index in [4.69, 9.17) is 5.11 Å². The van der Waals surface area contributed by atoms with Crippen LogP contribution in [-0.4, -0.2) is 58.6 Å². The highest BCUT2D eigenvalue weighted by Gasteiger charge is 2.30. The smallest absolute Gasteiger partial charge is 0.305 e. The van der Waals surface area contributed by atoms with Crippen LogP contribution in [0.4, 0.5) is 0 Å². The van der Waals surface area contributed by atoms with Crippen LogP contribution in [-0.2, 0) is 33.4 Å². The molecule has 0 saturated carbocycles. The summed E-state index contributed by atoms with van der Waals surface area (Å²) in [5.41, 5.74) is 0. The van der Waals surface area contributed by atoms with Crippen LogP contribution < -0.4 is 0 Å². The van der Waals surface area contributed by atoms with E-state index in [-0.39, 0.29) is 43.2 Å². The third kappa shape index (κ3) is 9.38. The fourth-order valence-corrected chi connectivity index (χ4v) is 2.74. The van der Waals surface area contributed by atoms with Gasteiger partial charge in [-0.25, -0.2) is 0 Å². The van der Waals surface area contributed by atoms with Crippen LogP contribution in [0.3, 0.4) is 0 Å². The van der Waals surface area contributed by atoms with Crippen molar-refractivity contribution in [3.05, 3.63) is 0 Å². The van der Waals surface area contributed by atoms with Gasteiger partial charge in [0.25, 0.3) is 10.1 Å². The molecule has 1 aliphatic rings. The van der Waals surface area contributed by atoms with E-state index >= 15 is 0 Å². The molecule has 1 heterocycles. The molecule has 1 aliphatic heterocycles. The summed E-state index contributed by atoms with van der Waals surface area (Å²) in [7, 11) is -0.747. The van der Waals surface area contributed by atoms with Crippen LogP contribution >= 0.6 is 0 Å². The third-order valence-corrected chi connectivity index (χ3v) is 4.04. The van der Waals surface area contributed by atoms with E-state index in [9.17, 15) is 18.0 Å². The van der Waals surface area contributed by atoms with Crippen molar-refractivity contribution < 1.29 is 36.8 Å². The molecule has 0 aromatic carbocycles. The Bertz CT molecular complexity index is 431. The van der Waals surface area contributed by atoms with Gasteiger partial charge in [0.2, 0.25) is 0 Å². The van der Waals surface area contributed by atoms with Crippen LogP contribution in [0.15, 0.2) is 0 Å². The molecule has 0 aromatic heterocycles. The fraction of sp³-hybridized carbons (Fsp3) is 0.833. The van der Waals surface area contributed by atoms with Crippen LogP contribution in [0.5, 0.6) is 0 Å². The first-order valence-corrected chi connectivity index (χ1v) is 7.93. The zero-order chi connectivity index (χ0) is 16.5. The molecule has 8 nitrogen and oxygen atoms in total. The second-order valence-electron chi connectivity index (χ2n) is 4.72. The summed E-state index contributed by atoms with van der Waals surface area (Å²) >= 11 is 0. The molecule has 1 fully saturated rings. The van der Waals surface area contributed by atoms with Crippen LogP contribution in [0, 0.1) is 11.8 Å². The average molecular weight is 326 g/mol. The van der Waals surface area contributed by atoms with Gasteiger partial charge >= 0.3 is 11.9 Å². The minimum absolute atomic E-state index is 0.0115. The van der Waals surface area contributed by atoms with Gasteiger partial charge in [-0.1, -0.05) is 6.92 Å². The minimum Gasteiger partial charge on any atom is -0.469 e. The second-order valence-corrected chi connectivity index (χ2v) is 6.41. The Balaban J connectivity index is 0.000000400. The van der Waals surface area contributed by atoms with Crippen molar-refractivity contribution in [3.8, 4) is 0 Å². The molecule has 2 atom stereocenters. The van der Waals surface area contributed by atoms with Crippen molar-refractivity contribution in [2.75, 3.05) is 33.2 Å². The van der Waals surface area contributed by atoms with Crippen LogP contribution in [0.2, 0.25) is 0 Å². The maximum Gasteiger partial charge on any atom is 0.305 e. The number of carbonyl (C=O) groups is 2. The largest absolute Gasteiger partial charge is 0.469 e. The predicted octanol–water partition coefficient (Wildman–Crippen LogP) is -0.296. The van der Waals surface area contributed by atoms with Gasteiger partial charge in [-0.05, 0) is 5.92 Å². The topological polar surface area (TPSA) is 116 Å². The molecule has 0 unspecified atom stereocenters. The molecule has 1 rings (SSSR count). The van der Waals surface area contributed by atoms with Crippen molar-refractivity contribution in [2.24, 2.45) is 11.8 Å². The molecule has 21 heavy (non-hydrogen) atoms. The van der Waals surface area contributed by atoms with Crippen molar-refractivity contribution in [3.63, 3.8) is 0 Å². The van der Waals surface area contributed by atoms with Gasteiger partial charge in [-0.2, -0.15) is 8.42 Å². The molecular weight excluding hydrogens is 304 g/mol. The normalized spacial score (nSPS) is 20.9. The lowest BCUT2D eigenvalue weighted by molar-refractivity contribution is -0.142. The Morgan fingerprint density at radius 2 is 1.86 bits per heavy atom.